The summed E-state index contributed by atoms with van der Waals surface area (Å²) in [6.07, 6.45) is -12.7. The maximum absolute atomic E-state index is 12.7. The fourth-order valence-electron chi connectivity index (χ4n) is 1.86. The Kier molecular flexibility index (Phi) is 8.29. The van der Waals surface area contributed by atoms with E-state index in [9.17, 15) is 41.0 Å². The Morgan fingerprint density at radius 2 is 1.43 bits per heavy atom. The lowest BCUT2D eigenvalue weighted by Gasteiger charge is -2.31. The summed E-state index contributed by atoms with van der Waals surface area (Å²) < 4.78 is 85.8. The van der Waals surface area contributed by atoms with Crippen LogP contribution >= 0.6 is 45.2 Å². The van der Waals surface area contributed by atoms with Gasteiger partial charge in [-0.3, -0.25) is 0 Å². The summed E-state index contributed by atoms with van der Waals surface area (Å²) in [6, 6.07) is 2.87. The molecule has 0 bridgehead atoms. The molecule has 6 nitrogen and oxygen atoms in total. The van der Waals surface area contributed by atoms with Gasteiger partial charge < -0.3 is 19.7 Å². The van der Waals surface area contributed by atoms with E-state index in [1.165, 1.54) is 19.9 Å². The van der Waals surface area contributed by atoms with Crippen LogP contribution in [0.25, 0.3) is 0 Å². The monoisotopic (exact) mass is 670 g/mol. The quantitative estimate of drug-likeness (QED) is 0.268. The highest BCUT2D eigenvalue weighted by Gasteiger charge is 2.76. The number of ether oxygens (including phenoxy) is 2. The molecule has 0 fully saturated rings. The van der Waals surface area contributed by atoms with Gasteiger partial charge in [-0.2, -0.15) is 26.3 Å². The molecule has 0 aliphatic carbocycles. The summed E-state index contributed by atoms with van der Waals surface area (Å²) >= 11 is 3.64. The average Bonchev–Trinajstić information content (AvgIpc) is 2.58. The molecule has 1 aromatic carbocycles. The first-order valence-electron chi connectivity index (χ1n) is 7.71. The van der Waals surface area contributed by atoms with E-state index in [4.69, 9.17) is 9.84 Å². The fraction of sp³-hybridized carbons (Fsp3) is 0.500. The van der Waals surface area contributed by atoms with Gasteiger partial charge in [-0.05, 0) is 57.3 Å². The van der Waals surface area contributed by atoms with Crippen molar-refractivity contribution in [3.8, 4) is 5.75 Å². The van der Waals surface area contributed by atoms with Crippen molar-refractivity contribution in [2.45, 2.75) is 31.8 Å². The first-order valence-corrected chi connectivity index (χ1v) is 9.87. The van der Waals surface area contributed by atoms with Crippen LogP contribution in [-0.2, 0) is 14.3 Å². The fourth-order valence-corrected chi connectivity index (χ4v) is 3.70. The van der Waals surface area contributed by atoms with Gasteiger partial charge in [0.2, 0.25) is 0 Å². The minimum atomic E-state index is -6.36. The van der Waals surface area contributed by atoms with Crippen LogP contribution in [-0.4, -0.2) is 53.3 Å². The van der Waals surface area contributed by atoms with Crippen molar-refractivity contribution in [2.24, 2.45) is 5.41 Å². The summed E-state index contributed by atoms with van der Waals surface area (Å²) in [5.41, 5.74) is -7.33. The van der Waals surface area contributed by atoms with Crippen LogP contribution in [0.15, 0.2) is 12.1 Å². The number of carbonyl (C=O) groups excluding carboxylic acids is 2. The molecule has 30 heavy (non-hydrogen) atoms. The summed E-state index contributed by atoms with van der Waals surface area (Å²) in [4.78, 5) is 23.6. The second-order valence-corrected chi connectivity index (χ2v) is 9.21. The molecule has 170 valence electrons. The number of hydrogen-bond acceptors (Lipinski definition) is 6. The minimum Gasteiger partial charge on any atom is -0.506 e. The highest BCUT2D eigenvalue weighted by molar-refractivity contribution is 14.1. The van der Waals surface area contributed by atoms with Crippen molar-refractivity contribution in [3.05, 3.63) is 24.8 Å². The molecule has 0 unspecified atom stereocenters. The van der Waals surface area contributed by atoms with E-state index in [1.807, 2.05) is 22.6 Å². The molecule has 14 heteroatoms. The van der Waals surface area contributed by atoms with E-state index in [-0.39, 0.29) is 11.3 Å². The number of phenols is 1. The largest absolute Gasteiger partial charge is 0.506 e. The summed E-state index contributed by atoms with van der Waals surface area (Å²) in [6.45, 7) is 0.832. The normalized spacial score (nSPS) is 13.2. The lowest BCUT2D eigenvalue weighted by Crippen LogP contribution is -2.63. The molecule has 2 N–H and O–H groups in total. The van der Waals surface area contributed by atoms with Crippen LogP contribution in [0.5, 0.6) is 5.75 Å². The zero-order valence-electron chi connectivity index (χ0n) is 15.1. The molecular formula is C16H14F6I2O6. The predicted molar refractivity (Wildman–Crippen MR) is 106 cm³/mol. The van der Waals surface area contributed by atoms with Gasteiger partial charge in [0.05, 0.1) is 16.8 Å². The molecule has 0 radical (unpaired) electrons. The third-order valence-corrected chi connectivity index (χ3v) is 5.00. The predicted octanol–water partition coefficient (Wildman–Crippen LogP) is 4.18. The Hall–Kier alpha value is -1.04. The summed E-state index contributed by atoms with van der Waals surface area (Å²) in [5.74, 6) is -4.33. The van der Waals surface area contributed by atoms with Gasteiger partial charge in [0.15, 0.2) is 0 Å². The Morgan fingerprint density at radius 1 is 0.967 bits per heavy atom. The third-order valence-electron chi connectivity index (χ3n) is 3.55. The highest BCUT2D eigenvalue weighted by Crippen LogP contribution is 2.44. The molecule has 0 heterocycles. The molecule has 0 aliphatic heterocycles. The van der Waals surface area contributed by atoms with Crippen LogP contribution in [0.1, 0.15) is 24.2 Å². The first-order chi connectivity index (χ1) is 13.3. The summed E-state index contributed by atoms with van der Waals surface area (Å²) in [5, 5.41) is 18.9. The zero-order valence-corrected chi connectivity index (χ0v) is 19.4. The minimum absolute atomic E-state index is 0.206. The van der Waals surface area contributed by atoms with Gasteiger partial charge in [0.25, 0.3) is 0 Å². The molecule has 1 rings (SSSR count). The maximum Gasteiger partial charge on any atom is 0.437 e. The van der Waals surface area contributed by atoms with Crippen molar-refractivity contribution in [1.29, 1.82) is 0 Å². The number of esters is 2. The second kappa shape index (κ2) is 9.22. The van der Waals surface area contributed by atoms with Gasteiger partial charge >= 0.3 is 29.9 Å². The zero-order chi connectivity index (χ0) is 23.7. The highest BCUT2D eigenvalue weighted by atomic mass is 127. The van der Waals surface area contributed by atoms with Crippen LogP contribution in [0.2, 0.25) is 0 Å². The topological polar surface area (TPSA) is 93.1 Å². The molecule has 0 aliphatic rings. The molecule has 0 saturated carbocycles. The lowest BCUT2D eigenvalue weighted by molar-refractivity contribution is -0.357. The Labute approximate surface area is 193 Å². The molecular weight excluding hydrogens is 656 g/mol. The standard InChI is InChI=1S/C16H14F6I2O6/c1-13(2,5-29-11(26)8-3-7(23)4-9(24)10(8)25)6-30-12(27)14(28,15(17,18)19)16(20,21)22/h3-4,25,28H,5-6H2,1-2H3. The number of aliphatic hydroxyl groups is 1. The van der Waals surface area contributed by atoms with Gasteiger partial charge in [-0.15, -0.1) is 0 Å². The van der Waals surface area contributed by atoms with Crippen molar-refractivity contribution in [2.75, 3.05) is 13.2 Å². The third kappa shape index (κ3) is 6.02. The van der Waals surface area contributed by atoms with Gasteiger partial charge in [0.1, 0.15) is 11.3 Å². The molecule has 0 saturated heterocycles. The van der Waals surface area contributed by atoms with E-state index in [2.05, 4.69) is 4.74 Å². The Bertz CT molecular complexity index is 808. The van der Waals surface area contributed by atoms with Crippen molar-refractivity contribution < 1.29 is 55.6 Å². The van der Waals surface area contributed by atoms with Crippen LogP contribution in [0.4, 0.5) is 26.3 Å². The second-order valence-electron chi connectivity index (χ2n) is 6.81. The average molecular weight is 670 g/mol. The maximum atomic E-state index is 12.7. The number of hydrogen-bond donors (Lipinski definition) is 2. The number of aromatic hydroxyl groups is 1. The number of alkyl halides is 6. The smallest absolute Gasteiger partial charge is 0.437 e. The summed E-state index contributed by atoms with van der Waals surface area (Å²) in [7, 11) is 0. The Balaban J connectivity index is 2.85. The van der Waals surface area contributed by atoms with E-state index in [0.29, 0.717) is 7.14 Å². The van der Waals surface area contributed by atoms with E-state index >= 15 is 0 Å². The SMILES string of the molecule is CC(C)(COC(=O)c1cc(I)cc(I)c1O)COC(=O)C(O)(C(F)(F)F)C(F)(F)F. The van der Waals surface area contributed by atoms with Crippen molar-refractivity contribution in [1.82, 2.24) is 0 Å². The molecule has 1 aromatic rings. The van der Waals surface area contributed by atoms with Gasteiger partial charge in [0, 0.05) is 8.99 Å². The molecule has 0 amide bonds. The van der Waals surface area contributed by atoms with E-state index in [0.717, 1.165) is 0 Å². The van der Waals surface area contributed by atoms with Crippen LogP contribution < -0.4 is 0 Å². The van der Waals surface area contributed by atoms with Crippen LogP contribution in [0, 0.1) is 12.6 Å². The molecule has 0 aromatic heterocycles. The van der Waals surface area contributed by atoms with Crippen molar-refractivity contribution >= 4 is 57.1 Å². The molecule has 0 atom stereocenters. The number of benzene rings is 1. The van der Waals surface area contributed by atoms with Crippen molar-refractivity contribution in [3.63, 3.8) is 0 Å². The number of phenolic OH excluding ortho intramolecular Hbond substituents is 1. The van der Waals surface area contributed by atoms with Gasteiger partial charge in [-0.1, -0.05) is 13.8 Å². The van der Waals surface area contributed by atoms with Gasteiger partial charge in [-0.25, -0.2) is 9.59 Å². The molecule has 0 spiro atoms. The number of rotatable bonds is 6. The number of halogens is 8. The van der Waals surface area contributed by atoms with Crippen LogP contribution in [0.3, 0.4) is 0 Å². The number of carbonyl (C=O) groups is 2. The first kappa shape index (κ1) is 27.0. The van der Waals surface area contributed by atoms with E-state index in [1.54, 1.807) is 28.7 Å². The Morgan fingerprint density at radius 3 is 1.90 bits per heavy atom. The lowest BCUT2D eigenvalue weighted by atomic mass is 9.96. The van der Waals surface area contributed by atoms with E-state index < -0.39 is 48.5 Å².